The van der Waals surface area contributed by atoms with Gasteiger partial charge in [-0.3, -0.25) is 0 Å². The molecule has 1 aromatic heterocycles. The van der Waals surface area contributed by atoms with Crippen LogP contribution in [-0.4, -0.2) is 9.97 Å². The molecule has 0 amide bonds. The first-order chi connectivity index (χ1) is 28.1. The van der Waals surface area contributed by atoms with E-state index in [0.29, 0.717) is 6.07 Å². The fraction of sp³-hybridized carbons (Fsp3) is 0. The molecule has 0 fully saturated rings. The summed E-state index contributed by atoms with van der Waals surface area (Å²) in [5.74, 6) is -28.5. The Morgan fingerprint density at radius 3 is 1.49 bits per heavy atom. The van der Waals surface area contributed by atoms with E-state index in [9.17, 15) is 40.4 Å². The van der Waals surface area contributed by atoms with E-state index in [-0.39, 0.29) is 59.9 Å². The molecule has 0 radical (unpaired) electrons. The molecule has 288 valence electrons. The fourth-order valence-corrected chi connectivity index (χ4v) is 7.33. The molecule has 9 aromatic rings. The zero-order valence-corrected chi connectivity index (χ0v) is 28.1. The van der Waals surface area contributed by atoms with Crippen molar-refractivity contribution >= 4 is 65.2 Å². The Hall–Kier alpha value is -7.67. The smallest absolute Gasteiger partial charge is 0.206 e. The molecule has 59 heavy (non-hydrogen) atoms. The molecule has 0 atom stereocenters. The summed E-state index contributed by atoms with van der Waals surface area (Å²) in [6, 6.07) is 7.06. The second-order valence-corrected chi connectivity index (χ2v) is 12.8. The van der Waals surface area contributed by atoms with Crippen molar-refractivity contribution in [1.29, 1.82) is 5.26 Å². The van der Waals surface area contributed by atoms with Gasteiger partial charge in [-0.1, -0.05) is 24.3 Å². The van der Waals surface area contributed by atoms with Crippen molar-refractivity contribution in [1.82, 2.24) is 9.97 Å². The van der Waals surface area contributed by atoms with Crippen LogP contribution in [0.4, 0.5) is 57.1 Å². The van der Waals surface area contributed by atoms with Crippen LogP contribution in [0.25, 0.3) is 92.4 Å². The van der Waals surface area contributed by atoms with Gasteiger partial charge in [-0.15, -0.1) is 4.95 Å². The van der Waals surface area contributed by atoms with Crippen LogP contribution >= 0.6 is 0 Å². The molecule has 0 aliphatic carbocycles. The maximum atomic E-state index is 15.8. The lowest BCUT2D eigenvalue weighted by Gasteiger charge is -2.13. The first kappa shape index (κ1) is 36.9. The molecule has 0 saturated heterocycles. The molecule has 0 aliphatic heterocycles. The van der Waals surface area contributed by atoms with Gasteiger partial charge in [0.05, 0.1) is 43.2 Å². The molecule has 9 rings (SSSR count). The molecular weight excluding hydrogens is 811 g/mol. The molecule has 6 nitrogen and oxygen atoms in total. The van der Waals surface area contributed by atoms with Gasteiger partial charge in [0.2, 0.25) is 6.19 Å². The van der Waals surface area contributed by atoms with Gasteiger partial charge in [-0.05, 0) is 29.3 Å². The van der Waals surface area contributed by atoms with E-state index in [1.807, 2.05) is 0 Å². The fourth-order valence-electron chi connectivity index (χ4n) is 7.33. The second-order valence-electron chi connectivity index (χ2n) is 12.8. The summed E-state index contributed by atoms with van der Waals surface area (Å²) in [5, 5.41) is 6.38. The van der Waals surface area contributed by atoms with Gasteiger partial charge in [0.15, 0.2) is 63.5 Å². The Morgan fingerprint density at radius 1 is 0.475 bits per heavy atom. The topological polar surface area (TPSA) is 78.6 Å². The monoisotopic (exact) mass is 818 g/mol. The van der Waals surface area contributed by atoms with Crippen LogP contribution in [0.2, 0.25) is 0 Å². The summed E-state index contributed by atoms with van der Waals surface area (Å²) in [6.45, 7) is 7.41. The van der Waals surface area contributed by atoms with Crippen molar-refractivity contribution < 1.29 is 57.1 Å². The molecule has 0 aliphatic rings. The number of nitriles is 1. The highest BCUT2D eigenvalue weighted by Gasteiger charge is 2.32. The number of aromatic nitrogens is 2. The van der Waals surface area contributed by atoms with Gasteiger partial charge in [0, 0.05) is 27.1 Å². The SMILES string of the molecule is [C-]#[N+]/N=c1\c2cc(-c3c(F)c(F)c4c(F)c(F)c(F)c(F)c4c3F)ccc2c2nc3c(=NC#N)c4cc(-c5cc(F)c6c(F)c(F)c(F)c(F)c6c5F)ccc4c3nc12. The van der Waals surface area contributed by atoms with Crippen molar-refractivity contribution in [3.63, 3.8) is 0 Å². The number of halogens is 13. The molecule has 0 saturated carbocycles. The minimum Gasteiger partial charge on any atom is -0.241 e. The van der Waals surface area contributed by atoms with Gasteiger partial charge in [-0.25, -0.2) is 67.0 Å². The largest absolute Gasteiger partial charge is 0.241 e. The van der Waals surface area contributed by atoms with Crippen LogP contribution in [0, 0.1) is 93.7 Å². The van der Waals surface area contributed by atoms with Crippen molar-refractivity contribution in [2.24, 2.45) is 10.1 Å². The van der Waals surface area contributed by atoms with Crippen LogP contribution in [0.5, 0.6) is 0 Å². The van der Waals surface area contributed by atoms with Crippen LogP contribution in [-0.2, 0) is 0 Å². The number of hydrogen-bond acceptors (Lipinski definition) is 5. The molecule has 0 bridgehead atoms. The van der Waals surface area contributed by atoms with E-state index in [4.69, 9.17) is 6.57 Å². The van der Waals surface area contributed by atoms with E-state index in [1.54, 1.807) is 6.19 Å². The summed E-state index contributed by atoms with van der Waals surface area (Å²) in [6.07, 6.45) is 1.56. The molecule has 0 unspecified atom stereocenters. The Labute approximate surface area is 316 Å². The van der Waals surface area contributed by atoms with E-state index in [2.05, 4.69) is 25.0 Å². The number of benzene rings is 6. The highest BCUT2D eigenvalue weighted by Crippen LogP contribution is 2.41. The van der Waals surface area contributed by atoms with Crippen molar-refractivity contribution in [3.05, 3.63) is 140 Å². The number of rotatable bonds is 2. The summed E-state index contributed by atoms with van der Waals surface area (Å²) < 4.78 is 192. The lowest BCUT2D eigenvalue weighted by Crippen LogP contribution is -2.06. The zero-order chi connectivity index (χ0) is 42.1. The molecule has 0 spiro atoms. The Bertz CT molecular complexity index is 3690. The average molecular weight is 819 g/mol. The van der Waals surface area contributed by atoms with E-state index in [1.165, 1.54) is 6.07 Å². The third-order valence-electron chi connectivity index (χ3n) is 9.89. The summed E-state index contributed by atoms with van der Waals surface area (Å²) in [5.41, 5.74) is -3.26. The quantitative estimate of drug-likeness (QED) is 0.0435. The van der Waals surface area contributed by atoms with Gasteiger partial charge in [-0.2, -0.15) is 16.8 Å². The summed E-state index contributed by atoms with van der Waals surface area (Å²) in [7, 11) is 0. The molecule has 8 aromatic carbocycles. The summed E-state index contributed by atoms with van der Waals surface area (Å²) in [4.78, 5) is 15.9. The van der Waals surface area contributed by atoms with Crippen molar-refractivity contribution in [3.8, 4) is 28.4 Å². The van der Waals surface area contributed by atoms with Gasteiger partial charge < -0.3 is 0 Å². The third-order valence-corrected chi connectivity index (χ3v) is 9.89. The van der Waals surface area contributed by atoms with Crippen molar-refractivity contribution in [2.45, 2.75) is 0 Å². The zero-order valence-electron chi connectivity index (χ0n) is 28.1. The van der Waals surface area contributed by atoms with E-state index in [0.717, 1.165) is 30.3 Å². The maximum absolute atomic E-state index is 15.8. The Morgan fingerprint density at radius 2 is 0.932 bits per heavy atom. The van der Waals surface area contributed by atoms with Crippen LogP contribution < -0.4 is 10.7 Å². The first-order valence-electron chi connectivity index (χ1n) is 16.2. The molecule has 0 N–H and O–H groups in total. The molecule has 1 heterocycles. The molecular formula is C40H7F13N6. The predicted octanol–water partition coefficient (Wildman–Crippen LogP) is 10.5. The average Bonchev–Trinajstić information content (AvgIpc) is 3.69. The van der Waals surface area contributed by atoms with Gasteiger partial charge in [0.25, 0.3) is 0 Å². The lowest BCUT2D eigenvalue weighted by molar-refractivity contribution is 0.412. The normalized spacial score (nSPS) is 12.7. The van der Waals surface area contributed by atoms with E-state index >= 15 is 22.0 Å². The van der Waals surface area contributed by atoms with Gasteiger partial charge >= 0.3 is 0 Å². The lowest BCUT2D eigenvalue weighted by atomic mass is 9.96. The first-order valence-corrected chi connectivity index (χ1v) is 16.2. The second kappa shape index (κ2) is 12.7. The van der Waals surface area contributed by atoms with Crippen LogP contribution in [0.3, 0.4) is 0 Å². The molecule has 19 heteroatoms. The Kier molecular flexibility index (Phi) is 7.93. The highest BCUT2D eigenvalue weighted by molar-refractivity contribution is 6.15. The van der Waals surface area contributed by atoms with E-state index < -0.39 is 114 Å². The van der Waals surface area contributed by atoms with Crippen LogP contribution in [0.15, 0.2) is 52.6 Å². The number of fused-ring (bicyclic) bond motifs is 8. The minimum absolute atomic E-state index is 0.00285. The number of nitrogens with zero attached hydrogens (tertiary/aromatic N) is 6. The predicted molar refractivity (Wildman–Crippen MR) is 183 cm³/mol. The summed E-state index contributed by atoms with van der Waals surface area (Å²) >= 11 is 0. The van der Waals surface area contributed by atoms with Crippen molar-refractivity contribution in [2.75, 3.05) is 0 Å². The standard InChI is InChI=1S/C40H7F13N6/c1-55-59-38-16-7-11(18-24(43)21-22(27(46)25(18)44)30(49)34(53)33(52)29(21)48)3-5-13(16)37-40(38)58-36-12-4-2-10(6-15(12)35(56-9-54)39(36)57-37)14-8-17(41)19-20(23(14)42)28(47)32(51)31(50)26(19)45/h2-8H/b56-35?,59-38+. The Balaban J connectivity index is 1.30. The minimum atomic E-state index is -2.51. The highest BCUT2D eigenvalue weighted by atomic mass is 19.2. The number of hydrogen-bond donors (Lipinski definition) is 0. The van der Waals surface area contributed by atoms with Gasteiger partial charge in [0.1, 0.15) is 33.8 Å². The van der Waals surface area contributed by atoms with Crippen LogP contribution in [0.1, 0.15) is 0 Å². The third kappa shape index (κ3) is 4.81. The maximum Gasteiger partial charge on any atom is 0.206 e.